The molecule has 1 aliphatic heterocycles. The second-order valence-electron chi connectivity index (χ2n) is 10.7. The Morgan fingerprint density at radius 2 is 1.49 bits per heavy atom. The molecule has 0 atom stereocenters. The van der Waals surface area contributed by atoms with Crippen molar-refractivity contribution in [3.05, 3.63) is 120 Å². The van der Waals surface area contributed by atoms with Gasteiger partial charge in [0.05, 0.1) is 5.69 Å². The number of allylic oxidation sites excluding steroid dienone is 1. The number of urea groups is 1. The van der Waals surface area contributed by atoms with Gasteiger partial charge in [-0.25, -0.2) is 19.5 Å². The monoisotopic (exact) mass is 551 g/mol. The molecular formula is C33H37N5O3. The van der Waals surface area contributed by atoms with Crippen LogP contribution in [0.4, 0.5) is 21.0 Å². The molecule has 41 heavy (non-hydrogen) atoms. The second-order valence-corrected chi connectivity index (χ2v) is 10.7. The van der Waals surface area contributed by atoms with Crippen LogP contribution in [0.25, 0.3) is 0 Å². The molecule has 8 nitrogen and oxygen atoms in total. The molecule has 3 aromatic carbocycles. The number of amides is 3. The summed E-state index contributed by atoms with van der Waals surface area (Å²) in [6.45, 7) is 12.5. The van der Waals surface area contributed by atoms with Crippen LogP contribution in [0, 0.1) is 0 Å². The molecule has 0 bridgehead atoms. The molecule has 8 heteroatoms. The summed E-state index contributed by atoms with van der Waals surface area (Å²) < 4.78 is 5.47. The van der Waals surface area contributed by atoms with Crippen LogP contribution in [0.5, 0.6) is 0 Å². The predicted molar refractivity (Wildman–Crippen MR) is 165 cm³/mol. The molecular weight excluding hydrogens is 514 g/mol. The fourth-order valence-corrected chi connectivity index (χ4v) is 4.45. The number of nitrogens with zero attached hydrogens (tertiary/aromatic N) is 4. The summed E-state index contributed by atoms with van der Waals surface area (Å²) in [5.74, 6) is 0.446. The second kappa shape index (κ2) is 12.6. The van der Waals surface area contributed by atoms with E-state index >= 15 is 0 Å². The van der Waals surface area contributed by atoms with E-state index in [1.54, 1.807) is 31.3 Å². The van der Waals surface area contributed by atoms with Gasteiger partial charge in [0.2, 0.25) is 0 Å². The van der Waals surface area contributed by atoms with Crippen molar-refractivity contribution in [1.29, 1.82) is 0 Å². The predicted octanol–water partition coefficient (Wildman–Crippen LogP) is 7.06. The Kier molecular flexibility index (Phi) is 8.92. The molecule has 1 N–H and O–H groups in total. The smallest absolute Gasteiger partial charge is 0.414 e. The molecule has 3 aromatic rings. The Morgan fingerprint density at radius 1 is 0.951 bits per heavy atom. The molecule has 3 amide bonds. The average molecular weight is 552 g/mol. The third-order valence-electron chi connectivity index (χ3n) is 6.52. The van der Waals surface area contributed by atoms with Crippen LogP contribution in [0.3, 0.4) is 0 Å². The van der Waals surface area contributed by atoms with Gasteiger partial charge in [-0.3, -0.25) is 4.90 Å². The van der Waals surface area contributed by atoms with Gasteiger partial charge in [0, 0.05) is 37.7 Å². The molecule has 0 saturated carbocycles. The van der Waals surface area contributed by atoms with Crippen molar-refractivity contribution in [1.82, 2.24) is 10.2 Å². The van der Waals surface area contributed by atoms with Gasteiger partial charge in [0.15, 0.2) is 5.84 Å². The van der Waals surface area contributed by atoms with Crippen LogP contribution in [0.15, 0.2) is 114 Å². The highest BCUT2D eigenvalue weighted by Crippen LogP contribution is 2.28. The highest BCUT2D eigenvalue weighted by atomic mass is 16.6. The third kappa shape index (κ3) is 7.22. The Balaban J connectivity index is 1.66. The maximum atomic E-state index is 13.4. The van der Waals surface area contributed by atoms with E-state index in [2.05, 4.69) is 46.1 Å². The SMILES string of the molecule is C=CN=C1/C(=C(\C)N(Cc2ccccc2)Cc2ccccc2)NC(=O)N1c1ccc(N(C)C(=O)OC(C)(C)C)cc1. The first-order chi connectivity index (χ1) is 19.6. The molecule has 0 aromatic heterocycles. The van der Waals surface area contributed by atoms with Crippen molar-refractivity contribution < 1.29 is 14.3 Å². The van der Waals surface area contributed by atoms with E-state index in [-0.39, 0.29) is 6.03 Å². The van der Waals surface area contributed by atoms with Gasteiger partial charge >= 0.3 is 12.1 Å². The Hall–Kier alpha value is -4.85. The van der Waals surface area contributed by atoms with Crippen LogP contribution >= 0.6 is 0 Å². The molecule has 0 aliphatic carbocycles. The van der Waals surface area contributed by atoms with Crippen molar-refractivity contribution in [2.45, 2.75) is 46.4 Å². The fourth-order valence-electron chi connectivity index (χ4n) is 4.45. The zero-order valence-electron chi connectivity index (χ0n) is 24.3. The number of amidine groups is 1. The minimum absolute atomic E-state index is 0.326. The third-order valence-corrected chi connectivity index (χ3v) is 6.52. The van der Waals surface area contributed by atoms with Gasteiger partial charge in [-0.15, -0.1) is 0 Å². The number of carbonyl (C=O) groups is 2. The van der Waals surface area contributed by atoms with Gasteiger partial charge in [-0.1, -0.05) is 67.2 Å². The molecule has 1 aliphatic rings. The van der Waals surface area contributed by atoms with E-state index in [4.69, 9.17) is 4.74 Å². The van der Waals surface area contributed by atoms with E-state index in [0.29, 0.717) is 36.0 Å². The zero-order valence-corrected chi connectivity index (χ0v) is 24.3. The largest absolute Gasteiger partial charge is 0.443 e. The van der Waals surface area contributed by atoms with Gasteiger partial charge in [-0.2, -0.15) is 0 Å². The number of hydrogen-bond acceptors (Lipinski definition) is 5. The summed E-state index contributed by atoms with van der Waals surface area (Å²) >= 11 is 0. The van der Waals surface area contributed by atoms with Gasteiger partial charge in [0.25, 0.3) is 0 Å². The quantitative estimate of drug-likeness (QED) is 0.325. The lowest BCUT2D eigenvalue weighted by atomic mass is 10.1. The standard InChI is InChI=1S/C33H37N5O3/c1-7-34-30-29(24(2)37(22-25-14-10-8-11-15-25)23-26-16-12-9-13-17-26)35-31(39)38(30)28-20-18-27(19-21-28)36(6)32(40)41-33(3,4)5/h7-21H,1,22-23H2,2-6H3,(H,35,39)/b29-24-,34-30?. The maximum absolute atomic E-state index is 13.4. The van der Waals surface area contributed by atoms with Crippen LogP contribution in [0.2, 0.25) is 0 Å². The number of rotatable bonds is 8. The van der Waals surface area contributed by atoms with Crippen molar-refractivity contribution in [2.75, 3.05) is 16.8 Å². The van der Waals surface area contributed by atoms with E-state index in [1.165, 1.54) is 16.0 Å². The van der Waals surface area contributed by atoms with Crippen molar-refractivity contribution in [2.24, 2.45) is 4.99 Å². The number of aliphatic imine (C=N–C) groups is 1. The number of anilines is 2. The van der Waals surface area contributed by atoms with E-state index in [1.807, 2.05) is 64.1 Å². The van der Waals surface area contributed by atoms with Crippen LogP contribution in [-0.4, -0.2) is 35.5 Å². The van der Waals surface area contributed by atoms with Crippen LogP contribution < -0.4 is 15.1 Å². The minimum atomic E-state index is -0.607. The maximum Gasteiger partial charge on any atom is 0.414 e. The zero-order chi connectivity index (χ0) is 29.6. The normalized spacial score (nSPS) is 15.4. The lowest BCUT2D eigenvalue weighted by Crippen LogP contribution is -2.34. The van der Waals surface area contributed by atoms with Crippen molar-refractivity contribution in [3.8, 4) is 0 Å². The van der Waals surface area contributed by atoms with E-state index < -0.39 is 11.7 Å². The summed E-state index contributed by atoms with van der Waals surface area (Å²) in [5.41, 5.74) is 4.41. The summed E-state index contributed by atoms with van der Waals surface area (Å²) in [6.07, 6.45) is 0.968. The summed E-state index contributed by atoms with van der Waals surface area (Å²) in [6, 6.07) is 27.2. The molecule has 0 radical (unpaired) electrons. The fraction of sp³-hybridized carbons (Fsp3) is 0.242. The van der Waals surface area contributed by atoms with Gasteiger partial charge in [0.1, 0.15) is 11.3 Å². The van der Waals surface area contributed by atoms with Crippen molar-refractivity contribution >= 4 is 29.3 Å². The van der Waals surface area contributed by atoms with Crippen LogP contribution in [0.1, 0.15) is 38.8 Å². The lowest BCUT2D eigenvalue weighted by Gasteiger charge is -2.27. The van der Waals surface area contributed by atoms with E-state index in [9.17, 15) is 9.59 Å². The molecule has 1 heterocycles. The molecule has 0 spiro atoms. The number of hydrogen-bond donors (Lipinski definition) is 1. The Morgan fingerprint density at radius 3 is 1.98 bits per heavy atom. The number of nitrogens with one attached hydrogen (secondary N) is 1. The van der Waals surface area contributed by atoms with Gasteiger partial charge < -0.3 is 15.0 Å². The number of benzene rings is 3. The average Bonchev–Trinajstić information content (AvgIpc) is 3.27. The molecule has 1 fully saturated rings. The molecule has 0 unspecified atom stereocenters. The van der Waals surface area contributed by atoms with E-state index in [0.717, 1.165) is 16.8 Å². The summed E-state index contributed by atoms with van der Waals surface area (Å²) in [5, 5.41) is 3.03. The highest BCUT2D eigenvalue weighted by molar-refractivity contribution is 6.29. The van der Waals surface area contributed by atoms with Crippen molar-refractivity contribution in [3.63, 3.8) is 0 Å². The minimum Gasteiger partial charge on any atom is -0.443 e. The summed E-state index contributed by atoms with van der Waals surface area (Å²) in [4.78, 5) is 35.6. The summed E-state index contributed by atoms with van der Waals surface area (Å²) in [7, 11) is 1.65. The van der Waals surface area contributed by atoms with Crippen LogP contribution in [-0.2, 0) is 17.8 Å². The molecule has 1 saturated heterocycles. The topological polar surface area (TPSA) is 77.5 Å². The molecule has 212 valence electrons. The van der Waals surface area contributed by atoms with Gasteiger partial charge in [-0.05, 0) is 63.1 Å². The lowest BCUT2D eigenvalue weighted by molar-refractivity contribution is 0.0589. The Bertz CT molecular complexity index is 1400. The molecule has 4 rings (SSSR count). The first-order valence-electron chi connectivity index (χ1n) is 13.5. The Labute approximate surface area is 242 Å². The number of carbonyl (C=O) groups excluding carboxylic acids is 2. The first-order valence-corrected chi connectivity index (χ1v) is 13.5. The number of ether oxygens (including phenoxy) is 1. The highest BCUT2D eigenvalue weighted by Gasteiger charge is 2.35. The first kappa shape index (κ1) is 29.1.